The van der Waals surface area contributed by atoms with Crippen molar-refractivity contribution in [3.05, 3.63) is 37.4 Å². The van der Waals surface area contributed by atoms with Crippen LogP contribution in [0.25, 0.3) is 0 Å². The minimum absolute atomic E-state index is 0.0363. The van der Waals surface area contributed by atoms with Crippen LogP contribution >= 0.6 is 38.6 Å². The van der Waals surface area contributed by atoms with Crippen LogP contribution < -0.4 is 0 Å². The van der Waals surface area contributed by atoms with Gasteiger partial charge in [0.2, 0.25) is 0 Å². The number of thiazole rings is 1. The first-order valence-electron chi connectivity index (χ1n) is 4.53. The van der Waals surface area contributed by atoms with Gasteiger partial charge in [-0.3, -0.25) is 4.79 Å². The molecule has 84 valence electrons. The summed E-state index contributed by atoms with van der Waals surface area (Å²) in [4.78, 5) is 18.7. The molecule has 0 bridgehead atoms. The Morgan fingerprint density at radius 3 is 2.94 bits per heavy atom. The molecule has 16 heavy (non-hydrogen) atoms. The second kappa shape index (κ2) is 5.07. The third kappa shape index (κ3) is 2.69. The summed E-state index contributed by atoms with van der Waals surface area (Å²) in [7, 11) is 1.79. The molecule has 0 spiro atoms. The first-order chi connectivity index (χ1) is 7.66. The van der Waals surface area contributed by atoms with E-state index in [9.17, 15) is 4.79 Å². The van der Waals surface area contributed by atoms with Gasteiger partial charge in [0, 0.05) is 27.2 Å². The number of hydrogen-bond donors (Lipinski definition) is 0. The number of hydrogen-bond acceptors (Lipinski definition) is 4. The molecule has 2 rings (SSSR count). The molecule has 1 amide bonds. The molecule has 0 aliphatic carbocycles. The van der Waals surface area contributed by atoms with E-state index in [4.69, 9.17) is 0 Å². The Morgan fingerprint density at radius 2 is 2.38 bits per heavy atom. The SMILES string of the molecule is CN(Cc1cc(Br)cs1)C(=O)c1cscn1. The summed E-state index contributed by atoms with van der Waals surface area (Å²) in [6.07, 6.45) is 0. The van der Waals surface area contributed by atoms with Crippen molar-refractivity contribution in [2.45, 2.75) is 6.54 Å². The highest BCUT2D eigenvalue weighted by molar-refractivity contribution is 9.10. The molecule has 0 saturated carbocycles. The third-order valence-corrected chi connectivity index (χ3v) is 4.28. The molecule has 0 atom stereocenters. The molecule has 0 radical (unpaired) electrons. The third-order valence-electron chi connectivity index (χ3n) is 2.01. The van der Waals surface area contributed by atoms with Crippen molar-refractivity contribution < 1.29 is 4.79 Å². The Labute approximate surface area is 110 Å². The molecule has 0 aliphatic rings. The van der Waals surface area contributed by atoms with Crippen LogP contribution in [0.15, 0.2) is 26.8 Å². The highest BCUT2D eigenvalue weighted by atomic mass is 79.9. The Kier molecular flexibility index (Phi) is 3.73. The van der Waals surface area contributed by atoms with Crippen LogP contribution in [-0.4, -0.2) is 22.8 Å². The minimum Gasteiger partial charge on any atom is -0.335 e. The normalized spacial score (nSPS) is 10.4. The van der Waals surface area contributed by atoms with Crippen LogP contribution in [0.1, 0.15) is 15.4 Å². The monoisotopic (exact) mass is 316 g/mol. The predicted molar refractivity (Wildman–Crippen MR) is 69.9 cm³/mol. The van der Waals surface area contributed by atoms with Crippen molar-refractivity contribution in [2.24, 2.45) is 0 Å². The molecule has 0 aliphatic heterocycles. The Hall–Kier alpha value is -0.720. The van der Waals surface area contributed by atoms with Gasteiger partial charge in [0.1, 0.15) is 5.69 Å². The quantitative estimate of drug-likeness (QED) is 0.871. The zero-order valence-corrected chi connectivity index (χ0v) is 11.7. The van der Waals surface area contributed by atoms with Crippen LogP contribution in [0.4, 0.5) is 0 Å². The molecular formula is C10H9BrN2OS2. The Balaban J connectivity index is 2.03. The molecule has 0 saturated heterocycles. The maximum Gasteiger partial charge on any atom is 0.273 e. The van der Waals surface area contributed by atoms with Gasteiger partial charge in [0.05, 0.1) is 12.1 Å². The lowest BCUT2D eigenvalue weighted by atomic mass is 10.4. The zero-order valence-electron chi connectivity index (χ0n) is 8.51. The van der Waals surface area contributed by atoms with E-state index in [1.165, 1.54) is 11.3 Å². The maximum atomic E-state index is 11.9. The van der Waals surface area contributed by atoms with Gasteiger partial charge in [-0.15, -0.1) is 22.7 Å². The van der Waals surface area contributed by atoms with Gasteiger partial charge in [-0.1, -0.05) is 0 Å². The standard InChI is InChI=1S/C10H9BrN2OS2/c1-13(3-8-2-7(11)4-16-8)10(14)9-5-15-6-12-9/h2,4-6H,3H2,1H3. The van der Waals surface area contributed by atoms with E-state index in [1.807, 2.05) is 11.4 Å². The van der Waals surface area contributed by atoms with Crippen molar-refractivity contribution in [1.29, 1.82) is 0 Å². The highest BCUT2D eigenvalue weighted by Crippen LogP contribution is 2.21. The second-order valence-corrected chi connectivity index (χ2v) is 5.90. The summed E-state index contributed by atoms with van der Waals surface area (Å²) in [5, 5.41) is 3.78. The van der Waals surface area contributed by atoms with Gasteiger partial charge in [0.25, 0.3) is 5.91 Å². The minimum atomic E-state index is -0.0363. The molecule has 2 aromatic rings. The molecule has 2 aromatic heterocycles. The van der Waals surface area contributed by atoms with E-state index in [-0.39, 0.29) is 5.91 Å². The van der Waals surface area contributed by atoms with E-state index < -0.39 is 0 Å². The van der Waals surface area contributed by atoms with Gasteiger partial charge >= 0.3 is 0 Å². The lowest BCUT2D eigenvalue weighted by Crippen LogP contribution is -2.25. The Morgan fingerprint density at radius 1 is 1.56 bits per heavy atom. The fourth-order valence-corrected chi connectivity index (χ4v) is 3.29. The second-order valence-electron chi connectivity index (χ2n) is 3.27. The average molecular weight is 317 g/mol. The van der Waals surface area contributed by atoms with Crippen molar-refractivity contribution in [3.8, 4) is 0 Å². The van der Waals surface area contributed by atoms with Crippen molar-refractivity contribution in [3.63, 3.8) is 0 Å². The van der Waals surface area contributed by atoms with Gasteiger partial charge in [-0.05, 0) is 22.0 Å². The first kappa shape index (κ1) is 11.8. The number of carbonyl (C=O) groups excluding carboxylic acids is 1. The first-order valence-corrected chi connectivity index (χ1v) is 7.15. The number of nitrogens with zero attached hydrogens (tertiary/aromatic N) is 2. The number of amides is 1. The van der Waals surface area contributed by atoms with Gasteiger partial charge < -0.3 is 4.90 Å². The molecule has 0 aromatic carbocycles. The Bertz CT molecular complexity index is 481. The number of rotatable bonds is 3. The zero-order chi connectivity index (χ0) is 11.5. The molecule has 0 fully saturated rings. The molecule has 6 heteroatoms. The van der Waals surface area contributed by atoms with Crippen LogP contribution in [0.3, 0.4) is 0 Å². The van der Waals surface area contributed by atoms with E-state index >= 15 is 0 Å². The topological polar surface area (TPSA) is 33.2 Å². The van der Waals surface area contributed by atoms with E-state index in [0.29, 0.717) is 12.2 Å². The van der Waals surface area contributed by atoms with Crippen LogP contribution in [0.5, 0.6) is 0 Å². The highest BCUT2D eigenvalue weighted by Gasteiger charge is 2.14. The van der Waals surface area contributed by atoms with Gasteiger partial charge in [0.15, 0.2) is 0 Å². The summed E-state index contributed by atoms with van der Waals surface area (Å²) >= 11 is 6.46. The number of aromatic nitrogens is 1. The maximum absolute atomic E-state index is 11.9. The van der Waals surface area contributed by atoms with Crippen LogP contribution in [0.2, 0.25) is 0 Å². The predicted octanol–water partition coefficient (Wildman–Crippen LogP) is 3.24. The lowest BCUT2D eigenvalue weighted by molar-refractivity contribution is 0.0781. The molecule has 3 nitrogen and oxygen atoms in total. The number of halogens is 1. The molecule has 2 heterocycles. The van der Waals surface area contributed by atoms with Crippen LogP contribution in [0, 0.1) is 0 Å². The fraction of sp³-hybridized carbons (Fsp3) is 0.200. The van der Waals surface area contributed by atoms with E-state index in [2.05, 4.69) is 20.9 Å². The van der Waals surface area contributed by atoms with E-state index in [0.717, 1.165) is 9.35 Å². The smallest absolute Gasteiger partial charge is 0.273 e. The van der Waals surface area contributed by atoms with Crippen molar-refractivity contribution >= 4 is 44.5 Å². The summed E-state index contributed by atoms with van der Waals surface area (Å²) < 4.78 is 1.06. The van der Waals surface area contributed by atoms with Gasteiger partial charge in [-0.2, -0.15) is 0 Å². The van der Waals surface area contributed by atoms with Crippen molar-refractivity contribution in [1.82, 2.24) is 9.88 Å². The molecular weight excluding hydrogens is 308 g/mol. The largest absolute Gasteiger partial charge is 0.335 e. The van der Waals surface area contributed by atoms with Crippen LogP contribution in [-0.2, 0) is 6.54 Å². The summed E-state index contributed by atoms with van der Waals surface area (Å²) in [5.74, 6) is -0.0363. The molecule has 0 unspecified atom stereocenters. The fourth-order valence-electron chi connectivity index (χ4n) is 1.26. The van der Waals surface area contributed by atoms with Gasteiger partial charge in [-0.25, -0.2) is 4.98 Å². The average Bonchev–Trinajstić information content (AvgIpc) is 2.88. The number of carbonyl (C=O) groups is 1. The summed E-state index contributed by atoms with van der Waals surface area (Å²) in [5.41, 5.74) is 2.19. The lowest BCUT2D eigenvalue weighted by Gasteiger charge is -2.14. The summed E-state index contributed by atoms with van der Waals surface area (Å²) in [6, 6.07) is 2.02. The summed E-state index contributed by atoms with van der Waals surface area (Å²) in [6.45, 7) is 0.618. The molecule has 0 N–H and O–H groups in total. The van der Waals surface area contributed by atoms with Crippen molar-refractivity contribution in [2.75, 3.05) is 7.05 Å². The number of thiophene rings is 1. The van der Waals surface area contributed by atoms with E-state index in [1.54, 1.807) is 34.2 Å².